The van der Waals surface area contributed by atoms with Gasteiger partial charge in [-0.15, -0.1) is 0 Å². The quantitative estimate of drug-likeness (QED) is 0.594. The lowest BCUT2D eigenvalue weighted by Crippen LogP contribution is -2.35. The van der Waals surface area contributed by atoms with Crippen molar-refractivity contribution >= 4 is 12.6 Å². The molecule has 0 aromatic rings. The molecule has 0 bridgehead atoms. The minimum Gasteiger partial charge on any atom is -0.381 e. The maximum atomic E-state index is 5.22. The third-order valence-corrected chi connectivity index (χ3v) is 1.99. The van der Waals surface area contributed by atoms with Gasteiger partial charge in [0.1, 0.15) is 0 Å². The van der Waals surface area contributed by atoms with Crippen LogP contribution in [-0.2, 0) is 4.74 Å². The van der Waals surface area contributed by atoms with Crippen molar-refractivity contribution in [3.8, 4) is 0 Å². The Balaban J connectivity index is 2.02. The normalized spacial score (nSPS) is 21.3. The summed E-state index contributed by atoms with van der Waals surface area (Å²) in [5.41, 5.74) is 0. The summed E-state index contributed by atoms with van der Waals surface area (Å²) >= 11 is 4.13. The Morgan fingerprint density at radius 3 is 2.70 bits per heavy atom. The summed E-state index contributed by atoms with van der Waals surface area (Å²) in [7, 11) is 0. The molecule has 1 heterocycles. The summed E-state index contributed by atoms with van der Waals surface area (Å²) in [5, 5.41) is 3.41. The van der Waals surface area contributed by atoms with Gasteiger partial charge in [-0.05, 0) is 12.8 Å². The van der Waals surface area contributed by atoms with E-state index in [9.17, 15) is 0 Å². The van der Waals surface area contributed by atoms with Crippen LogP contribution in [0.1, 0.15) is 12.8 Å². The SMILES string of the molecule is SCCNC1CCOCC1. The summed E-state index contributed by atoms with van der Waals surface area (Å²) in [6, 6.07) is 0.681. The molecule has 0 amide bonds. The molecular weight excluding hydrogens is 146 g/mol. The molecule has 1 fully saturated rings. The van der Waals surface area contributed by atoms with Gasteiger partial charge in [-0.2, -0.15) is 12.6 Å². The van der Waals surface area contributed by atoms with Gasteiger partial charge in [0.15, 0.2) is 0 Å². The number of hydrogen-bond acceptors (Lipinski definition) is 3. The molecule has 0 aromatic heterocycles. The van der Waals surface area contributed by atoms with E-state index >= 15 is 0 Å². The Hall–Kier alpha value is 0.270. The molecule has 1 aliphatic heterocycles. The van der Waals surface area contributed by atoms with Crippen molar-refractivity contribution in [1.29, 1.82) is 0 Å². The number of hydrogen-bond donors (Lipinski definition) is 2. The number of thiol groups is 1. The zero-order valence-corrected chi connectivity index (χ0v) is 7.07. The van der Waals surface area contributed by atoms with Gasteiger partial charge >= 0.3 is 0 Å². The first-order chi connectivity index (χ1) is 4.93. The molecule has 1 aliphatic rings. The van der Waals surface area contributed by atoms with Crippen molar-refractivity contribution in [3.63, 3.8) is 0 Å². The Kier molecular flexibility index (Phi) is 4.18. The van der Waals surface area contributed by atoms with Crippen molar-refractivity contribution in [2.75, 3.05) is 25.5 Å². The highest BCUT2D eigenvalue weighted by Crippen LogP contribution is 2.05. The smallest absolute Gasteiger partial charge is 0.0480 e. The standard InChI is InChI=1S/C7H15NOS/c10-6-3-8-7-1-4-9-5-2-7/h7-8,10H,1-6H2. The molecule has 0 aromatic carbocycles. The van der Waals surface area contributed by atoms with E-state index in [-0.39, 0.29) is 0 Å². The van der Waals surface area contributed by atoms with Crippen molar-refractivity contribution < 1.29 is 4.74 Å². The fraction of sp³-hybridized carbons (Fsp3) is 1.00. The second kappa shape index (κ2) is 4.99. The molecule has 1 rings (SSSR count). The molecule has 3 heteroatoms. The maximum absolute atomic E-state index is 5.22. The summed E-state index contributed by atoms with van der Waals surface area (Å²) < 4.78 is 5.22. The molecule has 0 saturated carbocycles. The fourth-order valence-corrected chi connectivity index (χ4v) is 1.30. The second-order valence-electron chi connectivity index (χ2n) is 2.56. The Morgan fingerprint density at radius 2 is 2.10 bits per heavy atom. The lowest BCUT2D eigenvalue weighted by atomic mass is 10.1. The molecule has 2 nitrogen and oxygen atoms in total. The summed E-state index contributed by atoms with van der Waals surface area (Å²) in [6.45, 7) is 2.86. The first-order valence-electron chi connectivity index (χ1n) is 3.85. The predicted octanol–water partition coefficient (Wildman–Crippen LogP) is 0.685. The molecule has 0 unspecified atom stereocenters. The molecular formula is C7H15NOS. The molecule has 1 N–H and O–H groups in total. The second-order valence-corrected chi connectivity index (χ2v) is 3.01. The zero-order chi connectivity index (χ0) is 7.23. The minimum atomic E-state index is 0.681. The van der Waals surface area contributed by atoms with Crippen LogP contribution in [0.2, 0.25) is 0 Å². The highest BCUT2D eigenvalue weighted by molar-refractivity contribution is 7.80. The van der Waals surface area contributed by atoms with Crippen LogP contribution >= 0.6 is 12.6 Å². The van der Waals surface area contributed by atoms with Crippen molar-refractivity contribution in [2.45, 2.75) is 18.9 Å². The first kappa shape index (κ1) is 8.37. The van der Waals surface area contributed by atoms with E-state index in [0.29, 0.717) is 6.04 Å². The highest BCUT2D eigenvalue weighted by Gasteiger charge is 2.11. The first-order valence-corrected chi connectivity index (χ1v) is 4.48. The molecule has 0 radical (unpaired) electrons. The predicted molar refractivity (Wildman–Crippen MR) is 45.7 cm³/mol. The van der Waals surface area contributed by atoms with Crippen LogP contribution in [0.5, 0.6) is 0 Å². The largest absolute Gasteiger partial charge is 0.381 e. The van der Waals surface area contributed by atoms with Crippen molar-refractivity contribution in [2.24, 2.45) is 0 Å². The number of rotatable bonds is 3. The fourth-order valence-electron chi connectivity index (χ4n) is 1.17. The van der Waals surface area contributed by atoms with Crippen LogP contribution in [0, 0.1) is 0 Å². The molecule has 0 atom stereocenters. The summed E-state index contributed by atoms with van der Waals surface area (Å²) in [5.74, 6) is 0.928. The van der Waals surface area contributed by atoms with Gasteiger partial charge in [-0.1, -0.05) is 0 Å². The number of nitrogens with one attached hydrogen (secondary N) is 1. The van der Waals surface area contributed by atoms with Gasteiger partial charge < -0.3 is 10.1 Å². The van der Waals surface area contributed by atoms with Gasteiger partial charge in [0.25, 0.3) is 0 Å². The topological polar surface area (TPSA) is 21.3 Å². The van der Waals surface area contributed by atoms with Crippen LogP contribution in [0.25, 0.3) is 0 Å². The highest BCUT2D eigenvalue weighted by atomic mass is 32.1. The van der Waals surface area contributed by atoms with E-state index in [1.54, 1.807) is 0 Å². The average molecular weight is 161 g/mol. The Labute approximate surface area is 67.7 Å². The van der Waals surface area contributed by atoms with E-state index in [2.05, 4.69) is 17.9 Å². The monoisotopic (exact) mass is 161 g/mol. The minimum absolute atomic E-state index is 0.681. The lowest BCUT2D eigenvalue weighted by Gasteiger charge is -2.22. The molecule has 1 saturated heterocycles. The van der Waals surface area contributed by atoms with Crippen LogP contribution < -0.4 is 5.32 Å². The molecule has 10 heavy (non-hydrogen) atoms. The number of ether oxygens (including phenoxy) is 1. The van der Waals surface area contributed by atoms with Gasteiger partial charge in [0.05, 0.1) is 0 Å². The van der Waals surface area contributed by atoms with Crippen LogP contribution in [0.4, 0.5) is 0 Å². The maximum Gasteiger partial charge on any atom is 0.0480 e. The van der Waals surface area contributed by atoms with Crippen LogP contribution in [-0.4, -0.2) is 31.6 Å². The van der Waals surface area contributed by atoms with Crippen LogP contribution in [0.3, 0.4) is 0 Å². The molecule has 0 spiro atoms. The van der Waals surface area contributed by atoms with Gasteiger partial charge in [0.2, 0.25) is 0 Å². The van der Waals surface area contributed by atoms with Gasteiger partial charge in [-0.25, -0.2) is 0 Å². The zero-order valence-electron chi connectivity index (χ0n) is 6.18. The van der Waals surface area contributed by atoms with E-state index in [0.717, 1.165) is 38.4 Å². The van der Waals surface area contributed by atoms with E-state index in [1.807, 2.05) is 0 Å². The third-order valence-electron chi connectivity index (χ3n) is 1.77. The Morgan fingerprint density at radius 1 is 1.40 bits per heavy atom. The van der Waals surface area contributed by atoms with Gasteiger partial charge in [0, 0.05) is 31.6 Å². The van der Waals surface area contributed by atoms with E-state index < -0.39 is 0 Å². The summed E-state index contributed by atoms with van der Waals surface area (Å²) in [4.78, 5) is 0. The molecule has 60 valence electrons. The van der Waals surface area contributed by atoms with Crippen molar-refractivity contribution in [1.82, 2.24) is 5.32 Å². The van der Waals surface area contributed by atoms with Crippen LogP contribution in [0.15, 0.2) is 0 Å². The third kappa shape index (κ3) is 2.90. The lowest BCUT2D eigenvalue weighted by molar-refractivity contribution is 0.0786. The van der Waals surface area contributed by atoms with Gasteiger partial charge in [-0.3, -0.25) is 0 Å². The summed E-state index contributed by atoms with van der Waals surface area (Å²) in [6.07, 6.45) is 2.32. The van der Waals surface area contributed by atoms with E-state index in [1.165, 1.54) is 0 Å². The molecule has 0 aliphatic carbocycles. The van der Waals surface area contributed by atoms with E-state index in [4.69, 9.17) is 4.74 Å². The average Bonchev–Trinajstić information content (AvgIpc) is 2.03. The Bertz CT molecular complexity index is 83.7. The van der Waals surface area contributed by atoms with Crippen molar-refractivity contribution in [3.05, 3.63) is 0 Å².